The Morgan fingerprint density at radius 3 is 3.10 bits per heavy atom. The number of carbonyl (C=O) groups is 1. The number of methoxy groups -OCH3 is 1. The second-order valence-corrected chi connectivity index (χ2v) is 6.26. The number of rotatable bonds is 6. The van der Waals surface area contributed by atoms with Gasteiger partial charge in [-0.25, -0.2) is 0 Å². The molecule has 2 rings (SSSR count). The number of ether oxygens (including phenoxy) is 1. The van der Waals surface area contributed by atoms with Gasteiger partial charge in [-0.05, 0) is 18.6 Å². The monoisotopic (exact) mass is 316 g/mol. The van der Waals surface area contributed by atoms with Crippen LogP contribution in [0.15, 0.2) is 17.3 Å². The first-order valence-corrected chi connectivity index (χ1v) is 7.53. The van der Waals surface area contributed by atoms with E-state index >= 15 is 0 Å². The molecule has 7 heteroatoms. The number of carbonyl (C=O) groups excluding carboxylic acids is 1. The Hall–Kier alpha value is -1.11. The highest BCUT2D eigenvalue weighted by molar-refractivity contribution is 7.18. The molecule has 1 amide bonds. The summed E-state index contributed by atoms with van der Waals surface area (Å²) in [7, 11) is 3.41. The number of halogens is 1. The Morgan fingerprint density at radius 2 is 2.45 bits per heavy atom. The first-order chi connectivity index (χ1) is 9.61. The molecule has 0 radical (unpaired) electrons. The summed E-state index contributed by atoms with van der Waals surface area (Å²) in [4.78, 5) is 20.0. The van der Waals surface area contributed by atoms with Gasteiger partial charge in [-0.3, -0.25) is 4.79 Å². The van der Waals surface area contributed by atoms with E-state index in [1.165, 1.54) is 11.3 Å². The molecule has 0 bridgehead atoms. The fourth-order valence-corrected chi connectivity index (χ4v) is 2.96. The number of hydrogen-bond acceptors (Lipinski definition) is 5. The highest BCUT2D eigenvalue weighted by atomic mass is 35.5. The highest BCUT2D eigenvalue weighted by Crippen LogP contribution is 2.26. The zero-order valence-electron chi connectivity index (χ0n) is 11.5. The molecule has 20 heavy (non-hydrogen) atoms. The van der Waals surface area contributed by atoms with Crippen molar-refractivity contribution in [1.82, 2.24) is 4.90 Å². The molecule has 0 aromatic carbocycles. The zero-order valence-corrected chi connectivity index (χ0v) is 13.0. The van der Waals surface area contributed by atoms with Gasteiger partial charge in [-0.1, -0.05) is 16.8 Å². The molecule has 1 aliphatic heterocycles. The van der Waals surface area contributed by atoms with Crippen molar-refractivity contribution < 1.29 is 14.4 Å². The van der Waals surface area contributed by atoms with Crippen molar-refractivity contribution in [1.29, 1.82) is 0 Å². The summed E-state index contributed by atoms with van der Waals surface area (Å²) in [6.45, 7) is 1.28. The maximum absolute atomic E-state index is 12.2. The number of nitrogens with zero attached hydrogens (tertiary/aromatic N) is 2. The van der Waals surface area contributed by atoms with Crippen LogP contribution in [0.25, 0.3) is 0 Å². The van der Waals surface area contributed by atoms with Crippen LogP contribution in [0.3, 0.4) is 0 Å². The van der Waals surface area contributed by atoms with Gasteiger partial charge in [0.1, 0.15) is 5.71 Å². The van der Waals surface area contributed by atoms with Gasteiger partial charge in [0.25, 0.3) is 5.91 Å². The molecule has 1 unspecified atom stereocenters. The van der Waals surface area contributed by atoms with Crippen LogP contribution in [0.5, 0.6) is 0 Å². The maximum Gasteiger partial charge on any atom is 0.266 e. The summed E-state index contributed by atoms with van der Waals surface area (Å²) >= 11 is 7.33. The average molecular weight is 317 g/mol. The minimum absolute atomic E-state index is 0.0532. The van der Waals surface area contributed by atoms with Crippen LogP contribution in [0, 0.1) is 0 Å². The Morgan fingerprint density at radius 1 is 1.65 bits per heavy atom. The Bertz CT molecular complexity index is 504. The second-order valence-electron chi connectivity index (χ2n) is 4.55. The molecule has 0 saturated carbocycles. The normalized spacial score (nSPS) is 17.8. The highest BCUT2D eigenvalue weighted by Gasteiger charge is 2.31. The van der Waals surface area contributed by atoms with Gasteiger partial charge in [-0.15, -0.1) is 11.3 Å². The average Bonchev–Trinajstić information content (AvgIpc) is 3.06. The molecular formula is C13H17ClN2O3S. The molecule has 2 heterocycles. The van der Waals surface area contributed by atoms with Crippen molar-refractivity contribution >= 4 is 34.6 Å². The molecule has 0 spiro atoms. The molecule has 110 valence electrons. The van der Waals surface area contributed by atoms with Crippen molar-refractivity contribution in [3.8, 4) is 0 Å². The Kier molecular flexibility index (Phi) is 5.39. The van der Waals surface area contributed by atoms with Gasteiger partial charge >= 0.3 is 0 Å². The van der Waals surface area contributed by atoms with E-state index < -0.39 is 6.10 Å². The number of oxime groups is 1. The van der Waals surface area contributed by atoms with E-state index in [0.717, 1.165) is 17.0 Å². The van der Waals surface area contributed by atoms with E-state index in [0.29, 0.717) is 23.9 Å². The summed E-state index contributed by atoms with van der Waals surface area (Å²) < 4.78 is 5.67. The standard InChI is InChI=1S/C13H17ClN2O3S/c1-16(6-3-7-18-2)13(17)10-8-9(15-19-10)11-4-5-12(14)20-11/h4-5,10H,3,6-8H2,1-2H3. The number of likely N-dealkylation sites (N-methyl/N-ethyl adjacent to an activating group) is 1. The van der Waals surface area contributed by atoms with Gasteiger partial charge in [0.2, 0.25) is 6.10 Å². The van der Waals surface area contributed by atoms with E-state index in [4.69, 9.17) is 21.2 Å². The van der Waals surface area contributed by atoms with Gasteiger partial charge in [0.05, 0.1) is 9.21 Å². The van der Waals surface area contributed by atoms with Crippen LogP contribution in [0.4, 0.5) is 0 Å². The lowest BCUT2D eigenvalue weighted by Crippen LogP contribution is -2.37. The summed E-state index contributed by atoms with van der Waals surface area (Å²) in [6.07, 6.45) is 0.766. The molecule has 1 aliphatic rings. The number of hydrogen-bond donors (Lipinski definition) is 0. The van der Waals surface area contributed by atoms with E-state index in [1.807, 2.05) is 12.1 Å². The van der Waals surface area contributed by atoms with Crippen LogP contribution < -0.4 is 0 Å². The lowest BCUT2D eigenvalue weighted by Gasteiger charge is -2.19. The van der Waals surface area contributed by atoms with Crippen molar-refractivity contribution in [2.45, 2.75) is 18.9 Å². The van der Waals surface area contributed by atoms with Crippen LogP contribution in [0.2, 0.25) is 4.34 Å². The van der Waals surface area contributed by atoms with Crippen molar-refractivity contribution in [2.75, 3.05) is 27.3 Å². The molecule has 1 atom stereocenters. The first kappa shape index (κ1) is 15.3. The first-order valence-electron chi connectivity index (χ1n) is 6.34. The third-order valence-corrected chi connectivity index (χ3v) is 4.30. The van der Waals surface area contributed by atoms with Crippen LogP contribution in [-0.4, -0.2) is 49.9 Å². The lowest BCUT2D eigenvalue weighted by atomic mass is 10.1. The molecule has 0 aliphatic carbocycles. The molecular weight excluding hydrogens is 300 g/mol. The quantitative estimate of drug-likeness (QED) is 0.757. The zero-order chi connectivity index (χ0) is 14.5. The van der Waals surface area contributed by atoms with Gasteiger partial charge in [-0.2, -0.15) is 0 Å². The maximum atomic E-state index is 12.2. The number of amides is 1. The van der Waals surface area contributed by atoms with Crippen molar-refractivity contribution in [3.05, 3.63) is 21.3 Å². The second kappa shape index (κ2) is 7.06. The molecule has 1 aromatic heterocycles. The summed E-state index contributed by atoms with van der Waals surface area (Å²) in [6, 6.07) is 3.71. The predicted octanol–water partition coefficient (Wildman–Crippen LogP) is 2.39. The van der Waals surface area contributed by atoms with Crippen molar-refractivity contribution in [2.24, 2.45) is 5.16 Å². The van der Waals surface area contributed by atoms with E-state index in [9.17, 15) is 4.79 Å². The van der Waals surface area contributed by atoms with Crippen molar-refractivity contribution in [3.63, 3.8) is 0 Å². The Balaban J connectivity index is 1.86. The molecule has 1 aromatic rings. The minimum Gasteiger partial charge on any atom is -0.385 e. The Labute approximate surface area is 127 Å². The molecule has 0 saturated heterocycles. The van der Waals surface area contributed by atoms with Gasteiger partial charge < -0.3 is 14.5 Å². The SMILES string of the molecule is COCCCN(C)C(=O)C1CC(c2ccc(Cl)s2)=NO1. The molecule has 0 fully saturated rings. The predicted molar refractivity (Wildman–Crippen MR) is 79.5 cm³/mol. The van der Waals surface area contributed by atoms with Gasteiger partial charge in [0.15, 0.2) is 0 Å². The van der Waals surface area contributed by atoms with Gasteiger partial charge in [0, 0.05) is 33.7 Å². The smallest absolute Gasteiger partial charge is 0.266 e. The largest absolute Gasteiger partial charge is 0.385 e. The van der Waals surface area contributed by atoms with Crippen LogP contribution in [-0.2, 0) is 14.4 Å². The summed E-state index contributed by atoms with van der Waals surface area (Å²) in [5, 5.41) is 4.00. The fourth-order valence-electron chi connectivity index (χ4n) is 1.93. The third kappa shape index (κ3) is 3.71. The minimum atomic E-state index is -0.529. The summed E-state index contributed by atoms with van der Waals surface area (Å²) in [5.41, 5.74) is 0.783. The van der Waals surface area contributed by atoms with Crippen LogP contribution in [0.1, 0.15) is 17.7 Å². The molecule has 5 nitrogen and oxygen atoms in total. The summed E-state index contributed by atoms with van der Waals surface area (Å²) in [5.74, 6) is -0.0532. The third-order valence-electron chi connectivity index (χ3n) is 3.02. The lowest BCUT2D eigenvalue weighted by molar-refractivity contribution is -0.140. The van der Waals surface area contributed by atoms with E-state index in [1.54, 1.807) is 19.1 Å². The topological polar surface area (TPSA) is 51.1 Å². The number of thiophene rings is 1. The van der Waals surface area contributed by atoms with E-state index in [2.05, 4.69) is 5.16 Å². The fraction of sp³-hybridized carbons (Fsp3) is 0.538. The van der Waals surface area contributed by atoms with E-state index in [-0.39, 0.29) is 5.91 Å². The molecule has 0 N–H and O–H groups in total. The van der Waals surface area contributed by atoms with Crippen LogP contribution >= 0.6 is 22.9 Å².